The van der Waals surface area contributed by atoms with E-state index in [9.17, 15) is 9.59 Å². The molecule has 4 rings (SSSR count). The van der Waals surface area contributed by atoms with Crippen molar-refractivity contribution in [2.24, 2.45) is 0 Å². The molecule has 0 spiro atoms. The minimum absolute atomic E-state index is 0.0202. The number of pyridine rings is 1. The smallest absolute Gasteiger partial charge is 0.251 e. The number of anilines is 1. The van der Waals surface area contributed by atoms with E-state index in [-0.39, 0.29) is 18.2 Å². The Hall–Kier alpha value is -4.15. The highest BCUT2D eigenvalue weighted by atomic mass is 35.5. The van der Waals surface area contributed by atoms with Crippen LogP contribution in [-0.2, 0) is 16.1 Å². The van der Waals surface area contributed by atoms with Gasteiger partial charge in [0.15, 0.2) is 5.16 Å². The molecule has 212 valence electrons. The molecule has 2 aromatic heterocycles. The Labute approximate surface area is 248 Å². The number of carbonyl (C=O) groups excluding carboxylic acids is 2. The van der Waals surface area contributed by atoms with Crippen LogP contribution in [0.1, 0.15) is 28.6 Å². The van der Waals surface area contributed by atoms with E-state index in [4.69, 9.17) is 21.1 Å². The number of nitrogens with zero attached hydrogens (tertiary/aromatic N) is 4. The first-order chi connectivity index (χ1) is 19.8. The highest BCUT2D eigenvalue weighted by Crippen LogP contribution is 2.32. The molecule has 11 heteroatoms. The van der Waals surface area contributed by atoms with Gasteiger partial charge in [-0.25, -0.2) is 9.97 Å². The molecule has 0 fully saturated rings. The van der Waals surface area contributed by atoms with Crippen LogP contribution in [0, 0.1) is 13.8 Å². The number of amides is 2. The van der Waals surface area contributed by atoms with E-state index in [1.807, 2.05) is 26.0 Å². The number of hydrogen-bond donors (Lipinski definition) is 1. The molecule has 1 N–H and O–H groups in total. The molecule has 0 aliphatic heterocycles. The fourth-order valence-electron chi connectivity index (χ4n) is 4.20. The Morgan fingerprint density at radius 2 is 1.73 bits per heavy atom. The van der Waals surface area contributed by atoms with Gasteiger partial charge in [-0.15, -0.1) is 0 Å². The fourth-order valence-corrected chi connectivity index (χ4v) is 5.16. The molecule has 0 saturated carbocycles. The third-order valence-electron chi connectivity index (χ3n) is 6.09. The van der Waals surface area contributed by atoms with Gasteiger partial charge in [0.25, 0.3) is 5.91 Å². The summed E-state index contributed by atoms with van der Waals surface area (Å²) in [4.78, 5) is 42.6. The number of halogens is 1. The molecule has 1 unspecified atom stereocenters. The maximum Gasteiger partial charge on any atom is 0.251 e. The van der Waals surface area contributed by atoms with E-state index in [2.05, 4.69) is 20.3 Å². The Morgan fingerprint density at radius 1 is 1.00 bits per heavy atom. The van der Waals surface area contributed by atoms with Crippen LogP contribution in [0.3, 0.4) is 0 Å². The highest BCUT2D eigenvalue weighted by Gasteiger charge is 2.32. The number of nitrogens with one attached hydrogen (secondary N) is 1. The molecule has 9 nitrogen and oxygen atoms in total. The Kier molecular flexibility index (Phi) is 10.2. The lowest BCUT2D eigenvalue weighted by molar-refractivity contribution is -0.137. The van der Waals surface area contributed by atoms with E-state index in [0.717, 1.165) is 17.0 Å². The van der Waals surface area contributed by atoms with Crippen LogP contribution in [0.5, 0.6) is 11.5 Å². The third-order valence-corrected chi connectivity index (χ3v) is 7.18. The summed E-state index contributed by atoms with van der Waals surface area (Å²) in [6.07, 6.45) is 3.33. The summed E-state index contributed by atoms with van der Waals surface area (Å²) in [5, 5.41) is 3.95. The monoisotopic (exact) mass is 591 g/mol. The highest BCUT2D eigenvalue weighted by molar-refractivity contribution is 7.99. The molecular weight excluding hydrogens is 562 g/mol. The number of benzene rings is 2. The molecule has 41 heavy (non-hydrogen) atoms. The Morgan fingerprint density at radius 3 is 2.37 bits per heavy atom. The molecule has 2 heterocycles. The van der Waals surface area contributed by atoms with Gasteiger partial charge in [0.05, 0.1) is 25.7 Å². The van der Waals surface area contributed by atoms with Crippen molar-refractivity contribution in [3.8, 4) is 11.5 Å². The number of aromatic nitrogens is 3. The zero-order valence-corrected chi connectivity index (χ0v) is 24.7. The summed E-state index contributed by atoms with van der Waals surface area (Å²) in [7, 11) is 3.05. The van der Waals surface area contributed by atoms with Crippen LogP contribution >= 0.6 is 23.4 Å². The summed E-state index contributed by atoms with van der Waals surface area (Å²) in [5.74, 6) is 0.305. The summed E-state index contributed by atoms with van der Waals surface area (Å²) < 4.78 is 10.8. The van der Waals surface area contributed by atoms with Gasteiger partial charge >= 0.3 is 0 Å². The van der Waals surface area contributed by atoms with E-state index in [0.29, 0.717) is 32.9 Å². The van der Waals surface area contributed by atoms with Crippen LogP contribution in [0.25, 0.3) is 0 Å². The average Bonchev–Trinajstić information content (AvgIpc) is 2.96. The summed E-state index contributed by atoms with van der Waals surface area (Å²) in [6, 6.07) is 16.4. The van der Waals surface area contributed by atoms with Crippen molar-refractivity contribution in [1.29, 1.82) is 0 Å². The molecule has 2 amide bonds. The molecule has 0 radical (unpaired) electrons. The van der Waals surface area contributed by atoms with Gasteiger partial charge in [0.1, 0.15) is 17.5 Å². The summed E-state index contributed by atoms with van der Waals surface area (Å²) in [6.45, 7) is 3.90. The van der Waals surface area contributed by atoms with Crippen LogP contribution < -0.4 is 14.8 Å². The van der Waals surface area contributed by atoms with Gasteiger partial charge in [-0.2, -0.15) is 0 Å². The van der Waals surface area contributed by atoms with Gasteiger partial charge in [-0.05, 0) is 61.4 Å². The van der Waals surface area contributed by atoms with Crippen molar-refractivity contribution in [2.75, 3.05) is 25.3 Å². The Balaban J connectivity index is 1.71. The van der Waals surface area contributed by atoms with Crippen molar-refractivity contribution in [3.05, 3.63) is 101 Å². The second kappa shape index (κ2) is 14.0. The molecule has 0 bridgehead atoms. The van der Waals surface area contributed by atoms with Gasteiger partial charge in [0, 0.05) is 41.4 Å². The number of hydrogen-bond acceptors (Lipinski definition) is 8. The van der Waals surface area contributed by atoms with Gasteiger partial charge in [-0.1, -0.05) is 41.6 Å². The first kappa shape index (κ1) is 29.8. The molecule has 2 aromatic carbocycles. The van der Waals surface area contributed by atoms with E-state index >= 15 is 0 Å². The number of thioether (sulfide) groups is 1. The quantitative estimate of drug-likeness (QED) is 0.176. The largest absolute Gasteiger partial charge is 0.497 e. The molecule has 0 aliphatic rings. The van der Waals surface area contributed by atoms with Crippen molar-refractivity contribution < 1.29 is 19.1 Å². The van der Waals surface area contributed by atoms with Gasteiger partial charge in [-0.3, -0.25) is 14.6 Å². The number of ether oxygens (including phenoxy) is 2. The minimum Gasteiger partial charge on any atom is -0.497 e. The zero-order valence-electron chi connectivity index (χ0n) is 23.1. The predicted molar refractivity (Wildman–Crippen MR) is 159 cm³/mol. The Bertz CT molecular complexity index is 1480. The van der Waals surface area contributed by atoms with E-state index in [1.54, 1.807) is 68.0 Å². The predicted octanol–water partition coefficient (Wildman–Crippen LogP) is 5.66. The van der Waals surface area contributed by atoms with Crippen LogP contribution in [0.2, 0.25) is 5.02 Å². The van der Waals surface area contributed by atoms with Crippen LogP contribution in [0.4, 0.5) is 5.69 Å². The number of aryl methyl sites for hydroxylation is 2. The topological polar surface area (TPSA) is 107 Å². The standard InChI is InChI=1S/C30H30ClN5O4S/c1-19-14-20(2)34-30(33-19)41-18-27(37)36(17-21-6-5-13-32-16-21)28(22-7-9-23(31)10-8-22)29(38)35-25-12-11-24(39-3)15-26(25)40-4/h5-16,28H,17-18H2,1-4H3,(H,35,38). The lowest BCUT2D eigenvalue weighted by Gasteiger charge is -2.31. The first-order valence-corrected chi connectivity index (χ1v) is 14.1. The van der Waals surface area contributed by atoms with Crippen molar-refractivity contribution in [1.82, 2.24) is 19.9 Å². The van der Waals surface area contributed by atoms with E-state index in [1.165, 1.54) is 23.8 Å². The van der Waals surface area contributed by atoms with Crippen molar-refractivity contribution in [2.45, 2.75) is 31.6 Å². The third kappa shape index (κ3) is 7.96. The fraction of sp³-hybridized carbons (Fsp3) is 0.233. The maximum absolute atomic E-state index is 14.0. The second-order valence-corrected chi connectivity index (χ2v) is 10.5. The number of rotatable bonds is 11. The molecule has 0 aliphatic carbocycles. The maximum atomic E-state index is 14.0. The molecular formula is C30H30ClN5O4S. The second-order valence-electron chi connectivity index (χ2n) is 9.11. The normalized spacial score (nSPS) is 11.4. The number of carbonyl (C=O) groups is 2. The minimum atomic E-state index is -1.01. The summed E-state index contributed by atoms with van der Waals surface area (Å²) >= 11 is 7.39. The molecule has 0 saturated heterocycles. The lowest BCUT2D eigenvalue weighted by Crippen LogP contribution is -2.42. The number of methoxy groups -OCH3 is 2. The van der Waals surface area contributed by atoms with Gasteiger partial charge in [0.2, 0.25) is 5.91 Å². The average molecular weight is 592 g/mol. The molecule has 4 aromatic rings. The van der Waals surface area contributed by atoms with Crippen LogP contribution in [-0.4, -0.2) is 51.6 Å². The zero-order chi connectivity index (χ0) is 29.4. The summed E-state index contributed by atoms with van der Waals surface area (Å²) in [5.41, 5.74) is 3.41. The van der Waals surface area contributed by atoms with Crippen molar-refractivity contribution in [3.63, 3.8) is 0 Å². The van der Waals surface area contributed by atoms with Crippen LogP contribution in [0.15, 0.2) is 78.2 Å². The van der Waals surface area contributed by atoms with Crippen molar-refractivity contribution >= 4 is 40.9 Å². The SMILES string of the molecule is COc1ccc(NC(=O)C(c2ccc(Cl)cc2)N(Cc2cccnc2)C(=O)CSc2nc(C)cc(C)n2)c(OC)c1. The molecule has 1 atom stereocenters. The lowest BCUT2D eigenvalue weighted by atomic mass is 10.0. The van der Waals surface area contributed by atoms with Gasteiger partial charge < -0.3 is 19.7 Å². The first-order valence-electron chi connectivity index (χ1n) is 12.7. The van der Waals surface area contributed by atoms with E-state index < -0.39 is 11.9 Å².